The topological polar surface area (TPSA) is 88.0 Å². The van der Waals surface area contributed by atoms with Crippen LogP contribution in [0.25, 0.3) is 0 Å². The number of aliphatic hydroxyl groups excluding tert-OH is 2. The van der Waals surface area contributed by atoms with Crippen LogP contribution in [-0.4, -0.2) is 61.3 Å². The summed E-state index contributed by atoms with van der Waals surface area (Å²) >= 11 is 0. The lowest BCUT2D eigenvalue weighted by Crippen LogP contribution is -2.60. The van der Waals surface area contributed by atoms with Gasteiger partial charge in [0.2, 0.25) is 5.91 Å². The highest BCUT2D eigenvalue weighted by Crippen LogP contribution is 2.33. The Balaban J connectivity index is 2.99. The van der Waals surface area contributed by atoms with Gasteiger partial charge in [-0.25, -0.2) is 0 Å². The summed E-state index contributed by atoms with van der Waals surface area (Å²) in [5.74, 6) is -0.246. The van der Waals surface area contributed by atoms with E-state index >= 15 is 0 Å². The van der Waals surface area contributed by atoms with Crippen LogP contribution in [0.4, 0.5) is 0 Å². The molecular formula is C15H29NO5. The van der Waals surface area contributed by atoms with Crippen LogP contribution in [0, 0.1) is 17.8 Å². The third-order valence-electron chi connectivity index (χ3n) is 4.07. The molecule has 3 N–H and O–H groups in total. The van der Waals surface area contributed by atoms with Crippen LogP contribution in [0.5, 0.6) is 0 Å². The number of carbonyl (C=O) groups excluding carboxylic acids is 1. The van der Waals surface area contributed by atoms with Gasteiger partial charge in [0.15, 0.2) is 0 Å². The number of aliphatic hydroxyl groups is 2. The summed E-state index contributed by atoms with van der Waals surface area (Å²) in [6.07, 6.45) is 0.319. The Morgan fingerprint density at radius 1 is 1.24 bits per heavy atom. The molecule has 5 unspecified atom stereocenters. The van der Waals surface area contributed by atoms with Gasteiger partial charge in [-0.1, -0.05) is 13.8 Å². The van der Waals surface area contributed by atoms with E-state index in [0.717, 1.165) is 6.42 Å². The normalized spacial score (nSPS) is 33.2. The SMILES string of the molecule is COCC1OC(CC(C)C)C(NC(C)=O)C(CO)C1CO. The average molecular weight is 303 g/mol. The van der Waals surface area contributed by atoms with Crippen molar-refractivity contribution in [3.05, 3.63) is 0 Å². The number of rotatable bonds is 7. The van der Waals surface area contributed by atoms with Gasteiger partial charge in [0.25, 0.3) is 0 Å². The zero-order chi connectivity index (χ0) is 16.0. The van der Waals surface area contributed by atoms with Gasteiger partial charge in [-0.3, -0.25) is 4.79 Å². The fraction of sp³-hybridized carbons (Fsp3) is 0.933. The van der Waals surface area contributed by atoms with Gasteiger partial charge in [-0.15, -0.1) is 0 Å². The van der Waals surface area contributed by atoms with Crippen LogP contribution in [0.15, 0.2) is 0 Å². The highest BCUT2D eigenvalue weighted by atomic mass is 16.5. The monoisotopic (exact) mass is 303 g/mol. The first-order valence-corrected chi connectivity index (χ1v) is 7.57. The Morgan fingerprint density at radius 2 is 1.86 bits per heavy atom. The van der Waals surface area contributed by atoms with Gasteiger partial charge in [-0.2, -0.15) is 0 Å². The van der Waals surface area contributed by atoms with E-state index in [-0.39, 0.29) is 49.2 Å². The zero-order valence-electron chi connectivity index (χ0n) is 13.4. The molecule has 0 spiro atoms. The van der Waals surface area contributed by atoms with Crippen LogP contribution in [0.2, 0.25) is 0 Å². The minimum absolute atomic E-state index is 0.103. The van der Waals surface area contributed by atoms with Gasteiger partial charge in [0.05, 0.1) is 24.9 Å². The lowest BCUT2D eigenvalue weighted by molar-refractivity contribution is -0.171. The molecule has 21 heavy (non-hydrogen) atoms. The molecule has 0 bridgehead atoms. The highest BCUT2D eigenvalue weighted by Gasteiger charge is 2.45. The molecule has 1 saturated heterocycles. The molecule has 1 rings (SSSR count). The van der Waals surface area contributed by atoms with E-state index in [1.54, 1.807) is 7.11 Å². The number of amides is 1. The fourth-order valence-corrected chi connectivity index (χ4v) is 3.16. The summed E-state index contributed by atoms with van der Waals surface area (Å²) in [5, 5.41) is 22.3. The molecule has 5 atom stereocenters. The number of hydrogen-bond donors (Lipinski definition) is 3. The minimum Gasteiger partial charge on any atom is -0.396 e. The van der Waals surface area contributed by atoms with Crippen molar-refractivity contribution >= 4 is 5.91 Å². The molecular weight excluding hydrogens is 274 g/mol. The number of nitrogens with one attached hydrogen (secondary N) is 1. The smallest absolute Gasteiger partial charge is 0.217 e. The molecule has 0 saturated carbocycles. The molecule has 124 valence electrons. The van der Waals surface area contributed by atoms with Gasteiger partial charge in [-0.05, 0) is 12.3 Å². The predicted molar refractivity (Wildman–Crippen MR) is 78.7 cm³/mol. The molecule has 6 heteroatoms. The molecule has 1 fully saturated rings. The summed E-state index contributed by atoms with van der Waals surface area (Å²) < 4.78 is 11.2. The van der Waals surface area contributed by atoms with Crippen molar-refractivity contribution in [2.75, 3.05) is 26.9 Å². The van der Waals surface area contributed by atoms with Crippen molar-refractivity contribution in [3.8, 4) is 0 Å². The lowest BCUT2D eigenvalue weighted by Gasteiger charge is -2.46. The summed E-state index contributed by atoms with van der Waals surface area (Å²) in [5.41, 5.74) is 0. The number of ether oxygens (including phenoxy) is 2. The van der Waals surface area contributed by atoms with Gasteiger partial charge in [0, 0.05) is 39.1 Å². The minimum atomic E-state index is -0.292. The number of methoxy groups -OCH3 is 1. The third kappa shape index (κ3) is 4.92. The Hall–Kier alpha value is -0.690. The quantitative estimate of drug-likeness (QED) is 0.624. The van der Waals surface area contributed by atoms with Crippen LogP contribution < -0.4 is 5.32 Å². The van der Waals surface area contributed by atoms with Crippen LogP contribution in [-0.2, 0) is 14.3 Å². The maximum absolute atomic E-state index is 11.5. The molecule has 1 aliphatic heterocycles. The van der Waals surface area contributed by atoms with E-state index in [2.05, 4.69) is 19.2 Å². The summed E-state index contributed by atoms with van der Waals surface area (Å²) in [6, 6.07) is -0.292. The molecule has 0 radical (unpaired) electrons. The maximum Gasteiger partial charge on any atom is 0.217 e. The van der Waals surface area contributed by atoms with Crippen LogP contribution >= 0.6 is 0 Å². The van der Waals surface area contributed by atoms with E-state index in [4.69, 9.17) is 9.47 Å². The summed E-state index contributed by atoms with van der Waals surface area (Å²) in [7, 11) is 1.59. The Labute approximate surface area is 126 Å². The van der Waals surface area contributed by atoms with Crippen molar-refractivity contribution < 1.29 is 24.5 Å². The molecule has 1 aliphatic rings. The van der Waals surface area contributed by atoms with E-state index in [1.165, 1.54) is 6.92 Å². The van der Waals surface area contributed by atoms with Crippen molar-refractivity contribution in [2.45, 2.75) is 45.4 Å². The number of carbonyl (C=O) groups is 1. The summed E-state index contributed by atoms with van der Waals surface area (Å²) in [4.78, 5) is 11.5. The van der Waals surface area contributed by atoms with E-state index < -0.39 is 0 Å². The van der Waals surface area contributed by atoms with Crippen LogP contribution in [0.3, 0.4) is 0 Å². The molecule has 1 heterocycles. The van der Waals surface area contributed by atoms with Gasteiger partial charge < -0.3 is 25.0 Å². The second kappa shape index (κ2) is 8.68. The maximum atomic E-state index is 11.5. The zero-order valence-corrected chi connectivity index (χ0v) is 13.4. The third-order valence-corrected chi connectivity index (χ3v) is 4.07. The van der Waals surface area contributed by atoms with E-state index in [9.17, 15) is 15.0 Å². The van der Waals surface area contributed by atoms with Crippen molar-refractivity contribution in [3.63, 3.8) is 0 Å². The van der Waals surface area contributed by atoms with Gasteiger partial charge in [0.1, 0.15) is 0 Å². The highest BCUT2D eigenvalue weighted by molar-refractivity contribution is 5.73. The molecule has 0 aromatic heterocycles. The lowest BCUT2D eigenvalue weighted by atomic mass is 9.76. The van der Waals surface area contributed by atoms with Crippen molar-refractivity contribution in [2.24, 2.45) is 17.8 Å². The second-order valence-corrected chi connectivity index (χ2v) is 6.22. The van der Waals surface area contributed by atoms with E-state index in [1.807, 2.05) is 0 Å². The standard InChI is InChI=1S/C15H29NO5/c1-9(2)5-13-15(16-10(3)19)12(7-18)11(6-17)14(21-13)8-20-4/h9,11-15,17-18H,5-8H2,1-4H3,(H,16,19). The molecule has 6 nitrogen and oxygen atoms in total. The molecule has 0 aromatic carbocycles. The Morgan fingerprint density at radius 3 is 2.29 bits per heavy atom. The molecule has 0 aromatic rings. The van der Waals surface area contributed by atoms with Crippen molar-refractivity contribution in [1.82, 2.24) is 5.32 Å². The largest absolute Gasteiger partial charge is 0.396 e. The van der Waals surface area contributed by atoms with Crippen molar-refractivity contribution in [1.29, 1.82) is 0 Å². The Kier molecular flexibility index (Phi) is 7.59. The first kappa shape index (κ1) is 18.4. The van der Waals surface area contributed by atoms with Gasteiger partial charge >= 0.3 is 0 Å². The first-order chi connectivity index (χ1) is 9.94. The molecule has 0 aliphatic carbocycles. The first-order valence-electron chi connectivity index (χ1n) is 7.57. The fourth-order valence-electron chi connectivity index (χ4n) is 3.16. The summed E-state index contributed by atoms with van der Waals surface area (Å²) in [6.45, 7) is 5.79. The number of hydrogen-bond acceptors (Lipinski definition) is 5. The predicted octanol–water partition coefficient (Wildman–Crippen LogP) is 0.168. The van der Waals surface area contributed by atoms with Crippen LogP contribution in [0.1, 0.15) is 27.2 Å². The van der Waals surface area contributed by atoms with E-state index in [0.29, 0.717) is 12.5 Å². The second-order valence-electron chi connectivity index (χ2n) is 6.22. The molecule has 1 amide bonds. The Bertz CT molecular complexity index is 323. The average Bonchev–Trinajstić information content (AvgIpc) is 2.40.